The highest BCUT2D eigenvalue weighted by molar-refractivity contribution is 4.74. The first-order valence-electron chi connectivity index (χ1n) is 5.25. The van der Waals surface area contributed by atoms with E-state index < -0.39 is 0 Å². The molecule has 2 heteroatoms. The molecule has 1 heterocycles. The number of piperidine rings is 1. The van der Waals surface area contributed by atoms with Gasteiger partial charge >= 0.3 is 0 Å². The van der Waals surface area contributed by atoms with E-state index in [9.17, 15) is 0 Å². The van der Waals surface area contributed by atoms with Crippen LogP contribution in [0.2, 0.25) is 0 Å². The Morgan fingerprint density at radius 1 is 1.25 bits per heavy atom. The second kappa shape index (κ2) is 7.56. The number of likely N-dealkylation sites (tertiary alicyclic amines) is 1. The van der Waals surface area contributed by atoms with E-state index >= 15 is 0 Å². The van der Waals surface area contributed by atoms with Crippen molar-refractivity contribution >= 4 is 0 Å². The SMILES string of the molecule is CC.CCNC1CCN(C)CC1. The third kappa shape index (κ3) is 4.73. The van der Waals surface area contributed by atoms with Crippen LogP contribution in [0.15, 0.2) is 0 Å². The molecule has 0 spiro atoms. The molecule has 1 N–H and O–H groups in total. The van der Waals surface area contributed by atoms with Gasteiger partial charge in [0.05, 0.1) is 0 Å². The van der Waals surface area contributed by atoms with Gasteiger partial charge in [0.1, 0.15) is 0 Å². The van der Waals surface area contributed by atoms with Gasteiger partial charge in [0.15, 0.2) is 0 Å². The van der Waals surface area contributed by atoms with Gasteiger partial charge in [-0.05, 0) is 39.5 Å². The molecular formula is C10H24N2. The van der Waals surface area contributed by atoms with Crippen molar-refractivity contribution in [3.8, 4) is 0 Å². The lowest BCUT2D eigenvalue weighted by molar-refractivity contribution is 0.236. The summed E-state index contributed by atoms with van der Waals surface area (Å²) in [6.45, 7) is 9.82. The Bertz CT molecular complexity index is 85.8. The predicted octanol–water partition coefficient (Wildman–Crippen LogP) is 1.72. The minimum Gasteiger partial charge on any atom is -0.314 e. The lowest BCUT2D eigenvalue weighted by atomic mass is 10.1. The summed E-state index contributed by atoms with van der Waals surface area (Å²) in [7, 11) is 2.20. The highest BCUT2D eigenvalue weighted by atomic mass is 15.1. The van der Waals surface area contributed by atoms with Gasteiger partial charge in [0.25, 0.3) is 0 Å². The standard InChI is InChI=1S/C8H18N2.C2H6/c1-3-9-8-4-6-10(2)7-5-8;1-2/h8-9H,3-7H2,1-2H3;1-2H3. The molecular weight excluding hydrogens is 148 g/mol. The summed E-state index contributed by atoms with van der Waals surface area (Å²) in [6, 6.07) is 0.793. The second-order valence-corrected chi connectivity index (χ2v) is 3.14. The van der Waals surface area contributed by atoms with Gasteiger partial charge in [-0.15, -0.1) is 0 Å². The normalized spacial score (nSPS) is 20.0. The molecule has 1 aliphatic heterocycles. The minimum atomic E-state index is 0.793. The Labute approximate surface area is 77.3 Å². The first-order valence-corrected chi connectivity index (χ1v) is 5.25. The van der Waals surface area contributed by atoms with Crippen LogP contribution >= 0.6 is 0 Å². The van der Waals surface area contributed by atoms with Gasteiger partial charge in [-0.1, -0.05) is 20.8 Å². The molecule has 74 valence electrons. The lowest BCUT2D eigenvalue weighted by Gasteiger charge is -2.29. The van der Waals surface area contributed by atoms with Crippen LogP contribution in [0.5, 0.6) is 0 Å². The van der Waals surface area contributed by atoms with Crippen LogP contribution in [0, 0.1) is 0 Å². The van der Waals surface area contributed by atoms with Crippen LogP contribution in [0.1, 0.15) is 33.6 Å². The van der Waals surface area contributed by atoms with E-state index in [0.29, 0.717) is 0 Å². The van der Waals surface area contributed by atoms with Gasteiger partial charge in [-0.3, -0.25) is 0 Å². The van der Waals surface area contributed by atoms with Crippen LogP contribution in [-0.2, 0) is 0 Å². The van der Waals surface area contributed by atoms with Crippen LogP contribution < -0.4 is 5.32 Å². The summed E-state index contributed by atoms with van der Waals surface area (Å²) in [5.41, 5.74) is 0. The van der Waals surface area contributed by atoms with Gasteiger partial charge < -0.3 is 10.2 Å². The molecule has 2 nitrogen and oxygen atoms in total. The molecule has 1 aliphatic rings. The van der Waals surface area contributed by atoms with Gasteiger partial charge in [-0.2, -0.15) is 0 Å². The van der Waals surface area contributed by atoms with Crippen molar-refractivity contribution in [1.82, 2.24) is 10.2 Å². The quantitative estimate of drug-likeness (QED) is 0.682. The molecule has 0 aromatic rings. The predicted molar refractivity (Wildman–Crippen MR) is 55.5 cm³/mol. The first-order chi connectivity index (χ1) is 5.83. The monoisotopic (exact) mass is 172 g/mol. The van der Waals surface area contributed by atoms with Gasteiger partial charge in [0.2, 0.25) is 0 Å². The summed E-state index contributed by atoms with van der Waals surface area (Å²) in [5.74, 6) is 0. The Balaban J connectivity index is 0.000000561. The van der Waals surface area contributed by atoms with Crippen LogP contribution in [0.4, 0.5) is 0 Å². The van der Waals surface area contributed by atoms with E-state index in [2.05, 4.69) is 24.2 Å². The van der Waals surface area contributed by atoms with Crippen molar-refractivity contribution in [2.75, 3.05) is 26.7 Å². The van der Waals surface area contributed by atoms with E-state index in [0.717, 1.165) is 12.6 Å². The van der Waals surface area contributed by atoms with Crippen molar-refractivity contribution in [3.63, 3.8) is 0 Å². The fourth-order valence-corrected chi connectivity index (χ4v) is 1.50. The Morgan fingerprint density at radius 3 is 2.17 bits per heavy atom. The molecule has 0 saturated carbocycles. The molecule has 1 fully saturated rings. The topological polar surface area (TPSA) is 15.3 Å². The zero-order valence-corrected chi connectivity index (χ0v) is 9.06. The van der Waals surface area contributed by atoms with Crippen LogP contribution in [0.25, 0.3) is 0 Å². The number of hydrogen-bond donors (Lipinski definition) is 1. The number of nitrogens with one attached hydrogen (secondary N) is 1. The molecule has 1 saturated heterocycles. The number of rotatable bonds is 2. The van der Waals surface area contributed by atoms with Gasteiger partial charge in [0, 0.05) is 6.04 Å². The van der Waals surface area contributed by atoms with Crippen LogP contribution in [0.3, 0.4) is 0 Å². The van der Waals surface area contributed by atoms with Gasteiger partial charge in [-0.25, -0.2) is 0 Å². The Kier molecular flexibility index (Phi) is 7.51. The average molecular weight is 172 g/mol. The second-order valence-electron chi connectivity index (χ2n) is 3.14. The minimum absolute atomic E-state index is 0.793. The molecule has 0 aromatic heterocycles. The molecule has 0 aliphatic carbocycles. The highest BCUT2D eigenvalue weighted by Gasteiger charge is 2.14. The molecule has 1 rings (SSSR count). The van der Waals surface area contributed by atoms with E-state index in [4.69, 9.17) is 0 Å². The molecule has 0 radical (unpaired) electrons. The summed E-state index contributed by atoms with van der Waals surface area (Å²) in [4.78, 5) is 2.40. The van der Waals surface area contributed by atoms with E-state index in [1.54, 1.807) is 0 Å². The maximum Gasteiger partial charge on any atom is 0.00912 e. The zero-order chi connectivity index (χ0) is 9.40. The van der Waals surface area contributed by atoms with Crippen molar-refractivity contribution in [2.24, 2.45) is 0 Å². The third-order valence-electron chi connectivity index (χ3n) is 2.21. The zero-order valence-electron chi connectivity index (χ0n) is 9.06. The summed E-state index contributed by atoms with van der Waals surface area (Å²) >= 11 is 0. The van der Waals surface area contributed by atoms with E-state index in [1.807, 2.05) is 13.8 Å². The molecule has 0 atom stereocenters. The van der Waals surface area contributed by atoms with Crippen molar-refractivity contribution in [1.29, 1.82) is 0 Å². The fourth-order valence-electron chi connectivity index (χ4n) is 1.50. The summed E-state index contributed by atoms with van der Waals surface area (Å²) < 4.78 is 0. The van der Waals surface area contributed by atoms with Crippen molar-refractivity contribution in [3.05, 3.63) is 0 Å². The number of nitrogens with zero attached hydrogens (tertiary/aromatic N) is 1. The summed E-state index contributed by atoms with van der Waals surface area (Å²) in [5, 5.41) is 3.48. The average Bonchev–Trinajstić information content (AvgIpc) is 2.13. The first kappa shape index (κ1) is 11.9. The van der Waals surface area contributed by atoms with E-state index in [-0.39, 0.29) is 0 Å². The maximum atomic E-state index is 3.48. The molecule has 0 unspecified atom stereocenters. The van der Waals surface area contributed by atoms with Crippen molar-refractivity contribution < 1.29 is 0 Å². The van der Waals surface area contributed by atoms with Crippen LogP contribution in [-0.4, -0.2) is 37.6 Å². The smallest absolute Gasteiger partial charge is 0.00912 e. The third-order valence-corrected chi connectivity index (χ3v) is 2.21. The molecule has 0 bridgehead atoms. The highest BCUT2D eigenvalue weighted by Crippen LogP contribution is 2.07. The largest absolute Gasteiger partial charge is 0.314 e. The fraction of sp³-hybridized carbons (Fsp3) is 1.00. The molecule has 0 aromatic carbocycles. The van der Waals surface area contributed by atoms with E-state index in [1.165, 1.54) is 25.9 Å². The Hall–Kier alpha value is -0.0800. The Morgan fingerprint density at radius 2 is 1.75 bits per heavy atom. The lowest BCUT2D eigenvalue weighted by Crippen LogP contribution is -2.40. The molecule has 0 amide bonds. The van der Waals surface area contributed by atoms with Crippen molar-refractivity contribution in [2.45, 2.75) is 39.7 Å². The number of hydrogen-bond acceptors (Lipinski definition) is 2. The molecule has 12 heavy (non-hydrogen) atoms. The summed E-state index contributed by atoms with van der Waals surface area (Å²) in [6.07, 6.45) is 2.65. The maximum absolute atomic E-state index is 3.48.